The minimum atomic E-state index is -6.05. The van der Waals surface area contributed by atoms with Crippen LogP contribution in [0.2, 0.25) is 0 Å². The molecule has 0 saturated carbocycles. The minimum absolute atomic E-state index is 0.0831. The standard InChI is InChI=1S/C37H25F3N2O4S/c38-37(39,40)47(43,44)46-36-25-30(21-23-33(36)42(27-14-6-2-7-15-27)28-16-8-3-9-17-28)41(26-12-4-1-5-13-26)29-20-22-32-31-18-10-11-19-34(31)45-35(32)24-29/h1-25H. The number of anilines is 6. The number of benzene rings is 6. The maximum Gasteiger partial charge on any atom is 0.534 e. The number of rotatable bonds is 8. The molecule has 234 valence electrons. The summed E-state index contributed by atoms with van der Waals surface area (Å²) in [7, 11) is -6.05. The van der Waals surface area contributed by atoms with E-state index in [2.05, 4.69) is 0 Å². The Morgan fingerprint density at radius 2 is 1.00 bits per heavy atom. The molecule has 0 fully saturated rings. The Morgan fingerprint density at radius 1 is 0.511 bits per heavy atom. The van der Waals surface area contributed by atoms with E-state index in [1.54, 1.807) is 82.6 Å². The fourth-order valence-electron chi connectivity index (χ4n) is 5.52. The second-order valence-electron chi connectivity index (χ2n) is 10.6. The van der Waals surface area contributed by atoms with Crippen LogP contribution in [-0.2, 0) is 10.1 Å². The number of halogens is 3. The highest BCUT2D eigenvalue weighted by Crippen LogP contribution is 2.46. The van der Waals surface area contributed by atoms with E-state index in [0.717, 1.165) is 10.8 Å². The molecule has 0 aliphatic carbocycles. The number of nitrogens with zero attached hydrogens (tertiary/aromatic N) is 2. The maximum absolute atomic E-state index is 13.8. The summed E-state index contributed by atoms with van der Waals surface area (Å²) in [4.78, 5) is 3.43. The van der Waals surface area contributed by atoms with Crippen molar-refractivity contribution in [3.63, 3.8) is 0 Å². The first kappa shape index (κ1) is 29.9. The minimum Gasteiger partial charge on any atom is -0.456 e. The van der Waals surface area contributed by atoms with Crippen LogP contribution in [0, 0.1) is 0 Å². The van der Waals surface area contributed by atoms with Crippen molar-refractivity contribution >= 4 is 66.2 Å². The van der Waals surface area contributed by atoms with Crippen molar-refractivity contribution in [1.29, 1.82) is 0 Å². The number of para-hydroxylation sites is 4. The molecule has 1 heterocycles. The topological polar surface area (TPSA) is 63.0 Å². The average Bonchev–Trinajstić information content (AvgIpc) is 3.45. The first-order chi connectivity index (χ1) is 22.7. The first-order valence-electron chi connectivity index (χ1n) is 14.5. The number of furan rings is 1. The van der Waals surface area contributed by atoms with Crippen LogP contribution >= 0.6 is 0 Å². The van der Waals surface area contributed by atoms with Gasteiger partial charge in [0, 0.05) is 45.7 Å². The highest BCUT2D eigenvalue weighted by molar-refractivity contribution is 7.88. The first-order valence-corrected chi connectivity index (χ1v) is 15.9. The molecule has 0 amide bonds. The molecule has 7 aromatic rings. The van der Waals surface area contributed by atoms with Crippen LogP contribution in [0.4, 0.5) is 47.3 Å². The smallest absolute Gasteiger partial charge is 0.456 e. The number of hydrogen-bond donors (Lipinski definition) is 0. The van der Waals surface area contributed by atoms with Gasteiger partial charge in [0.05, 0.1) is 11.4 Å². The summed E-state index contributed by atoms with van der Waals surface area (Å²) in [5, 5.41) is 1.84. The summed E-state index contributed by atoms with van der Waals surface area (Å²) in [6, 6.07) is 44.8. The molecule has 6 nitrogen and oxygen atoms in total. The summed E-state index contributed by atoms with van der Waals surface area (Å²) >= 11 is 0. The van der Waals surface area contributed by atoms with E-state index >= 15 is 0 Å². The molecule has 0 atom stereocenters. The fraction of sp³-hybridized carbons (Fsp3) is 0.0270. The summed E-state index contributed by atoms with van der Waals surface area (Å²) in [5.41, 5.74) is -1.44. The molecule has 0 aliphatic rings. The van der Waals surface area contributed by atoms with Crippen molar-refractivity contribution in [2.45, 2.75) is 5.51 Å². The monoisotopic (exact) mass is 650 g/mol. The molecule has 47 heavy (non-hydrogen) atoms. The van der Waals surface area contributed by atoms with E-state index in [1.807, 2.05) is 72.8 Å². The zero-order valence-corrected chi connectivity index (χ0v) is 25.3. The third kappa shape index (κ3) is 5.75. The van der Waals surface area contributed by atoms with Gasteiger partial charge in [0.25, 0.3) is 0 Å². The van der Waals surface area contributed by atoms with Crippen LogP contribution in [0.3, 0.4) is 0 Å². The summed E-state index contributed by atoms with van der Waals surface area (Å²) < 4.78 is 77.5. The molecule has 0 unspecified atom stereocenters. The Hall–Kier alpha value is -5.74. The Morgan fingerprint density at radius 3 is 1.60 bits per heavy atom. The van der Waals surface area contributed by atoms with Crippen LogP contribution in [0.1, 0.15) is 0 Å². The summed E-state index contributed by atoms with van der Waals surface area (Å²) in [5.74, 6) is -0.515. The van der Waals surface area contributed by atoms with Crippen molar-refractivity contribution in [3.05, 3.63) is 152 Å². The molecule has 0 N–H and O–H groups in total. The van der Waals surface area contributed by atoms with Crippen molar-refractivity contribution in [1.82, 2.24) is 0 Å². The lowest BCUT2D eigenvalue weighted by Gasteiger charge is -2.30. The Balaban J connectivity index is 1.44. The third-order valence-corrected chi connectivity index (χ3v) is 8.56. The molecule has 1 aromatic heterocycles. The van der Waals surface area contributed by atoms with Gasteiger partial charge in [-0.1, -0.05) is 72.8 Å². The van der Waals surface area contributed by atoms with Gasteiger partial charge in [-0.2, -0.15) is 21.6 Å². The van der Waals surface area contributed by atoms with Gasteiger partial charge in [-0.25, -0.2) is 0 Å². The molecule has 6 aromatic carbocycles. The second kappa shape index (κ2) is 11.9. The van der Waals surface area contributed by atoms with Crippen LogP contribution in [-0.4, -0.2) is 13.9 Å². The quantitative estimate of drug-likeness (QED) is 0.120. The van der Waals surface area contributed by atoms with Crippen LogP contribution in [0.25, 0.3) is 21.9 Å². The molecule has 7 rings (SSSR count). The average molecular weight is 651 g/mol. The zero-order valence-electron chi connectivity index (χ0n) is 24.5. The maximum atomic E-state index is 13.8. The van der Waals surface area contributed by atoms with E-state index in [-0.39, 0.29) is 5.69 Å². The number of alkyl halides is 3. The second-order valence-corrected chi connectivity index (χ2v) is 12.1. The van der Waals surface area contributed by atoms with Gasteiger partial charge < -0.3 is 18.4 Å². The lowest BCUT2D eigenvalue weighted by atomic mass is 10.1. The van der Waals surface area contributed by atoms with E-state index in [0.29, 0.717) is 39.6 Å². The van der Waals surface area contributed by atoms with E-state index in [4.69, 9.17) is 8.60 Å². The SMILES string of the molecule is O=S(=O)(Oc1cc(N(c2ccccc2)c2ccc3c(c2)oc2ccccc23)ccc1N(c1ccccc1)c1ccccc1)C(F)(F)F. The van der Waals surface area contributed by atoms with Gasteiger partial charge in [0.15, 0.2) is 5.75 Å². The van der Waals surface area contributed by atoms with Crippen molar-refractivity contribution in [3.8, 4) is 5.75 Å². The Kier molecular flexibility index (Phi) is 7.57. The molecule has 10 heteroatoms. The fourth-order valence-corrected chi connectivity index (χ4v) is 5.98. The molecule has 0 spiro atoms. The number of fused-ring (bicyclic) bond motifs is 3. The molecular weight excluding hydrogens is 625 g/mol. The van der Waals surface area contributed by atoms with Gasteiger partial charge in [-0.15, -0.1) is 0 Å². The highest BCUT2D eigenvalue weighted by Gasteiger charge is 2.49. The predicted molar refractivity (Wildman–Crippen MR) is 179 cm³/mol. The van der Waals surface area contributed by atoms with Crippen LogP contribution in [0.5, 0.6) is 5.75 Å². The van der Waals surface area contributed by atoms with Crippen molar-refractivity contribution in [2.75, 3.05) is 9.80 Å². The predicted octanol–water partition coefficient (Wildman–Crippen LogP) is 10.8. The van der Waals surface area contributed by atoms with Gasteiger partial charge in [0.1, 0.15) is 11.2 Å². The van der Waals surface area contributed by atoms with Crippen LogP contribution in [0.15, 0.2) is 156 Å². The molecule has 0 bridgehead atoms. The molecular formula is C37H25F3N2O4S. The lowest BCUT2D eigenvalue weighted by Crippen LogP contribution is -2.28. The van der Waals surface area contributed by atoms with Crippen molar-refractivity contribution in [2.24, 2.45) is 0 Å². The number of hydrogen-bond acceptors (Lipinski definition) is 6. The van der Waals surface area contributed by atoms with E-state index in [1.165, 1.54) is 6.07 Å². The summed E-state index contributed by atoms with van der Waals surface area (Å²) in [6.45, 7) is 0. The molecule has 0 aliphatic heterocycles. The highest BCUT2D eigenvalue weighted by atomic mass is 32.2. The van der Waals surface area contributed by atoms with Gasteiger partial charge in [-0.05, 0) is 66.7 Å². The van der Waals surface area contributed by atoms with Crippen molar-refractivity contribution < 1.29 is 30.2 Å². The zero-order chi connectivity index (χ0) is 32.6. The van der Waals surface area contributed by atoms with E-state index < -0.39 is 21.4 Å². The summed E-state index contributed by atoms with van der Waals surface area (Å²) in [6.07, 6.45) is 0. The molecule has 0 radical (unpaired) electrons. The lowest BCUT2D eigenvalue weighted by molar-refractivity contribution is -0.0499. The van der Waals surface area contributed by atoms with E-state index in [9.17, 15) is 21.6 Å². The Labute approximate surface area is 268 Å². The van der Waals surface area contributed by atoms with Gasteiger partial charge >= 0.3 is 15.6 Å². The van der Waals surface area contributed by atoms with Gasteiger partial charge in [0.2, 0.25) is 0 Å². The Bertz CT molecular complexity index is 2250. The molecule has 0 saturated heterocycles. The third-order valence-electron chi connectivity index (χ3n) is 7.59. The normalized spacial score (nSPS) is 11.9. The van der Waals surface area contributed by atoms with Crippen LogP contribution < -0.4 is 14.0 Å². The van der Waals surface area contributed by atoms with Gasteiger partial charge in [-0.3, -0.25) is 0 Å². The largest absolute Gasteiger partial charge is 0.534 e.